The van der Waals surface area contributed by atoms with Gasteiger partial charge in [-0.15, -0.1) is 0 Å². The normalized spacial score (nSPS) is 18.8. The summed E-state index contributed by atoms with van der Waals surface area (Å²) >= 11 is 0. The second kappa shape index (κ2) is 12.7. The average Bonchev–Trinajstić information content (AvgIpc) is 3.74. The molecule has 14 heteroatoms. The molecule has 4 bridgehead atoms. The van der Waals surface area contributed by atoms with Crippen LogP contribution in [0.25, 0.3) is 5.69 Å². The van der Waals surface area contributed by atoms with E-state index in [1.807, 2.05) is 0 Å². The highest BCUT2D eigenvalue weighted by molar-refractivity contribution is 7.89. The number of aryl methyl sites for hydroxylation is 1. The molecule has 7 rings (SSSR count). The van der Waals surface area contributed by atoms with Gasteiger partial charge in [0.25, 0.3) is 11.8 Å². The molecule has 1 saturated heterocycles. The maximum atomic E-state index is 14.1. The molecule has 0 radical (unpaired) electrons. The quantitative estimate of drug-likeness (QED) is 0.333. The van der Waals surface area contributed by atoms with Gasteiger partial charge in [-0.05, 0) is 55.0 Å². The SMILES string of the molecule is COc1cc2cc(c1)C(=O)N[C@H]1CN(S(=O)(=O)c3cc(-n4cccn4)ccc3C)C[C@@H]1Oc1ccc(c(OC)c1)CNC(=O)CO2. The van der Waals surface area contributed by atoms with Crippen molar-refractivity contribution in [3.63, 3.8) is 0 Å². The van der Waals surface area contributed by atoms with Crippen LogP contribution in [0.4, 0.5) is 0 Å². The van der Waals surface area contributed by atoms with E-state index in [1.54, 1.807) is 72.5 Å². The second-order valence-corrected chi connectivity index (χ2v) is 12.8. The number of carbonyl (C=O) groups excluding carboxylic acids is 2. The fourth-order valence-electron chi connectivity index (χ4n) is 5.43. The number of hydrogen-bond acceptors (Lipinski definition) is 9. The highest BCUT2D eigenvalue weighted by Gasteiger charge is 2.42. The summed E-state index contributed by atoms with van der Waals surface area (Å²) in [5.41, 5.74) is 2.06. The smallest absolute Gasteiger partial charge is 0.258 e. The third-order valence-electron chi connectivity index (χ3n) is 7.88. The number of nitrogens with one attached hydrogen (secondary N) is 2. The molecule has 3 aliphatic rings. The average molecular weight is 648 g/mol. The van der Waals surface area contributed by atoms with Crippen LogP contribution in [0.3, 0.4) is 0 Å². The van der Waals surface area contributed by atoms with Crippen LogP contribution >= 0.6 is 0 Å². The number of nitrogens with zero attached hydrogens (tertiary/aromatic N) is 3. The van der Waals surface area contributed by atoms with Crippen LogP contribution < -0.4 is 29.6 Å². The molecule has 13 nitrogen and oxygen atoms in total. The van der Waals surface area contributed by atoms with E-state index in [-0.39, 0.29) is 48.4 Å². The summed E-state index contributed by atoms with van der Waals surface area (Å²) in [6.07, 6.45) is 2.59. The Kier molecular flexibility index (Phi) is 8.56. The second-order valence-electron chi connectivity index (χ2n) is 10.9. The van der Waals surface area contributed by atoms with Gasteiger partial charge in [0, 0.05) is 48.7 Å². The van der Waals surface area contributed by atoms with Crippen molar-refractivity contribution in [2.45, 2.75) is 30.5 Å². The van der Waals surface area contributed by atoms with Crippen molar-refractivity contribution in [3.05, 3.63) is 89.7 Å². The summed E-state index contributed by atoms with van der Waals surface area (Å²) in [5.74, 6) is 0.597. The zero-order valence-electron chi connectivity index (χ0n) is 25.4. The van der Waals surface area contributed by atoms with E-state index in [0.29, 0.717) is 34.1 Å². The first kappa shape index (κ1) is 30.9. The number of benzene rings is 3. The maximum absolute atomic E-state index is 14.1. The van der Waals surface area contributed by atoms with Crippen LogP contribution in [0.5, 0.6) is 23.0 Å². The molecule has 0 unspecified atom stereocenters. The molecule has 0 spiro atoms. The molecule has 2 N–H and O–H groups in total. The van der Waals surface area contributed by atoms with E-state index >= 15 is 0 Å². The van der Waals surface area contributed by atoms with Crippen LogP contribution in [-0.2, 0) is 21.4 Å². The number of ether oxygens (including phenoxy) is 4. The fraction of sp³-hybridized carbons (Fsp3) is 0.281. The zero-order valence-corrected chi connectivity index (χ0v) is 26.2. The Labute approximate surface area is 266 Å². The largest absolute Gasteiger partial charge is 0.497 e. The highest BCUT2D eigenvalue weighted by Crippen LogP contribution is 2.31. The summed E-state index contributed by atoms with van der Waals surface area (Å²) in [6.45, 7) is 1.52. The molecule has 3 aromatic carbocycles. The number of hydrogen-bond donors (Lipinski definition) is 2. The molecular formula is C32H33N5O8S. The minimum absolute atomic E-state index is 0.0364. The van der Waals surface area contributed by atoms with Crippen molar-refractivity contribution in [1.82, 2.24) is 24.7 Å². The minimum Gasteiger partial charge on any atom is -0.497 e. The molecule has 2 atom stereocenters. The lowest BCUT2D eigenvalue weighted by Crippen LogP contribution is -2.45. The van der Waals surface area contributed by atoms with E-state index in [9.17, 15) is 18.0 Å². The van der Waals surface area contributed by atoms with Crippen LogP contribution in [-0.4, -0.2) is 80.4 Å². The van der Waals surface area contributed by atoms with Gasteiger partial charge in [-0.25, -0.2) is 13.1 Å². The number of aromatic nitrogens is 2. The lowest BCUT2D eigenvalue weighted by molar-refractivity contribution is -0.123. The summed E-state index contributed by atoms with van der Waals surface area (Å²) in [6, 6.07) is 15.9. The molecular weight excluding hydrogens is 614 g/mol. The van der Waals surface area contributed by atoms with Crippen molar-refractivity contribution < 1.29 is 37.0 Å². The van der Waals surface area contributed by atoms with E-state index < -0.39 is 28.1 Å². The van der Waals surface area contributed by atoms with Gasteiger partial charge in [0.05, 0.1) is 37.4 Å². The molecule has 1 aromatic heterocycles. The Balaban J connectivity index is 1.36. The van der Waals surface area contributed by atoms with Gasteiger partial charge in [0.2, 0.25) is 10.0 Å². The van der Waals surface area contributed by atoms with Gasteiger partial charge >= 0.3 is 0 Å². The van der Waals surface area contributed by atoms with Gasteiger partial charge in [0.1, 0.15) is 29.1 Å². The number of fused-ring (bicyclic) bond motifs is 7. The third kappa shape index (κ3) is 6.34. The number of rotatable bonds is 5. The molecule has 0 aliphatic carbocycles. The molecule has 0 saturated carbocycles. The highest BCUT2D eigenvalue weighted by atomic mass is 32.2. The molecule has 4 heterocycles. The Morgan fingerprint density at radius 2 is 1.83 bits per heavy atom. The predicted octanol–water partition coefficient (Wildman–Crippen LogP) is 2.46. The third-order valence-corrected chi connectivity index (χ3v) is 9.85. The Morgan fingerprint density at radius 3 is 2.59 bits per heavy atom. The van der Waals surface area contributed by atoms with Crippen LogP contribution in [0.2, 0.25) is 0 Å². The van der Waals surface area contributed by atoms with Crippen molar-refractivity contribution in [2.75, 3.05) is 33.9 Å². The Morgan fingerprint density at radius 1 is 0.978 bits per heavy atom. The van der Waals surface area contributed by atoms with Crippen LogP contribution in [0.15, 0.2) is 78.0 Å². The molecule has 46 heavy (non-hydrogen) atoms. The fourth-order valence-corrected chi connectivity index (χ4v) is 7.15. The van der Waals surface area contributed by atoms with Gasteiger partial charge in [-0.1, -0.05) is 6.07 Å². The topological polar surface area (TPSA) is 150 Å². The summed E-state index contributed by atoms with van der Waals surface area (Å²) in [5, 5.41) is 9.97. The zero-order chi connectivity index (χ0) is 32.4. The van der Waals surface area contributed by atoms with Gasteiger partial charge in [0.15, 0.2) is 6.61 Å². The molecule has 4 aromatic rings. The summed E-state index contributed by atoms with van der Waals surface area (Å²) in [4.78, 5) is 26.3. The summed E-state index contributed by atoms with van der Waals surface area (Å²) < 4.78 is 54.1. The number of carbonyl (C=O) groups is 2. The van der Waals surface area contributed by atoms with Crippen molar-refractivity contribution in [2.24, 2.45) is 0 Å². The molecule has 240 valence electrons. The van der Waals surface area contributed by atoms with Crippen molar-refractivity contribution >= 4 is 21.8 Å². The van der Waals surface area contributed by atoms with Crippen LogP contribution in [0.1, 0.15) is 21.5 Å². The van der Waals surface area contributed by atoms with E-state index in [2.05, 4.69) is 15.7 Å². The lowest BCUT2D eigenvalue weighted by Gasteiger charge is -2.22. The molecule has 1 fully saturated rings. The maximum Gasteiger partial charge on any atom is 0.258 e. The van der Waals surface area contributed by atoms with Gasteiger partial charge in [-0.3, -0.25) is 9.59 Å². The lowest BCUT2D eigenvalue weighted by atomic mass is 10.1. The first-order valence-electron chi connectivity index (χ1n) is 14.5. The Hall–Kier alpha value is -5.08. The Bertz CT molecular complexity index is 1880. The van der Waals surface area contributed by atoms with E-state index in [0.717, 1.165) is 0 Å². The first-order valence-corrected chi connectivity index (χ1v) is 15.9. The standard InChI is InChI=1S/C32H33N5O8S/c1-20-5-7-23(37-10-4-9-34-37)13-30(20)46(40,41)36-17-27-29(18-36)45-24-8-6-21(28(15-24)43-3)16-33-31(38)19-44-26-12-22(32(39)35-27)11-25(14-26)42-2/h4-15,27,29H,16-19H2,1-3H3,(H,33,38)(H,35,39)/t27-,29-/m0/s1. The number of amides is 2. The monoisotopic (exact) mass is 647 g/mol. The van der Waals surface area contributed by atoms with E-state index in [1.165, 1.54) is 30.7 Å². The molecule has 2 amide bonds. The van der Waals surface area contributed by atoms with E-state index in [4.69, 9.17) is 18.9 Å². The number of sulfonamides is 1. The van der Waals surface area contributed by atoms with Gasteiger partial charge in [-0.2, -0.15) is 9.40 Å². The van der Waals surface area contributed by atoms with Crippen molar-refractivity contribution in [3.8, 4) is 28.7 Å². The van der Waals surface area contributed by atoms with Gasteiger partial charge < -0.3 is 29.6 Å². The predicted molar refractivity (Wildman–Crippen MR) is 166 cm³/mol. The summed E-state index contributed by atoms with van der Waals surface area (Å²) in [7, 11) is -1.08. The van der Waals surface area contributed by atoms with Crippen LogP contribution in [0, 0.1) is 6.92 Å². The minimum atomic E-state index is -4.03. The molecule has 3 aliphatic heterocycles. The number of methoxy groups -OCH3 is 2. The van der Waals surface area contributed by atoms with Crippen molar-refractivity contribution in [1.29, 1.82) is 0 Å². The first-order chi connectivity index (χ1) is 22.1.